The lowest BCUT2D eigenvalue weighted by Crippen LogP contribution is -2.21. The van der Waals surface area contributed by atoms with Crippen molar-refractivity contribution in [2.45, 2.75) is 13.8 Å². The molecule has 3 nitrogen and oxygen atoms in total. The summed E-state index contributed by atoms with van der Waals surface area (Å²) in [4.78, 5) is 12.6. The van der Waals surface area contributed by atoms with E-state index in [-0.39, 0.29) is 0 Å². The molecular weight excluding hydrogens is 176 g/mol. The summed E-state index contributed by atoms with van der Waals surface area (Å²) in [6.07, 6.45) is 2.88. The van der Waals surface area contributed by atoms with Gasteiger partial charge in [-0.15, -0.1) is 0 Å². The highest BCUT2D eigenvalue weighted by atomic mass is 16.1. The maximum absolute atomic E-state index is 10.6. The zero-order valence-electron chi connectivity index (χ0n) is 9.71. The molecule has 14 heavy (non-hydrogen) atoms. The molecule has 0 heterocycles. The highest BCUT2D eigenvalue weighted by molar-refractivity contribution is 5.73. The number of hydrogen-bond acceptors (Lipinski definition) is 3. The van der Waals surface area contributed by atoms with Gasteiger partial charge >= 0.3 is 0 Å². The first-order valence-corrected chi connectivity index (χ1v) is 5.06. The second-order valence-corrected chi connectivity index (χ2v) is 4.19. The largest absolute Gasteiger partial charge is 0.313 e. The van der Waals surface area contributed by atoms with Gasteiger partial charge in [0.15, 0.2) is 0 Å². The molecule has 0 unspecified atom stereocenters. The van der Waals surface area contributed by atoms with Crippen molar-refractivity contribution in [2.24, 2.45) is 5.92 Å². The Kier molecular flexibility index (Phi) is 7.34. The van der Waals surface area contributed by atoms with Crippen molar-refractivity contribution in [2.75, 3.05) is 33.7 Å². The first-order valence-electron chi connectivity index (χ1n) is 5.06. The van der Waals surface area contributed by atoms with Gasteiger partial charge in [0, 0.05) is 18.7 Å². The van der Waals surface area contributed by atoms with Gasteiger partial charge in [0.1, 0.15) is 6.29 Å². The van der Waals surface area contributed by atoms with Crippen LogP contribution < -0.4 is 5.32 Å². The second kappa shape index (κ2) is 7.71. The fourth-order valence-corrected chi connectivity index (χ4v) is 1.09. The highest BCUT2D eigenvalue weighted by Gasteiger charge is 1.97. The number of hydrogen-bond donors (Lipinski definition) is 1. The molecule has 0 rings (SSSR count). The maximum atomic E-state index is 10.6. The SMILES string of the molecule is CC(C)CNC/C=C(\C=O)CN(C)C. The predicted molar refractivity (Wildman–Crippen MR) is 60.4 cm³/mol. The number of carbonyl (C=O) groups excluding carboxylic acids is 1. The second-order valence-electron chi connectivity index (χ2n) is 4.19. The number of carbonyl (C=O) groups is 1. The van der Waals surface area contributed by atoms with E-state index < -0.39 is 0 Å². The van der Waals surface area contributed by atoms with Crippen LogP contribution >= 0.6 is 0 Å². The van der Waals surface area contributed by atoms with Gasteiger partial charge in [0.2, 0.25) is 0 Å². The van der Waals surface area contributed by atoms with Crippen molar-refractivity contribution in [1.82, 2.24) is 10.2 Å². The normalized spacial score (nSPS) is 12.6. The standard InChI is InChI=1S/C11H22N2O/c1-10(2)7-12-6-5-11(9-14)8-13(3)4/h5,9-10,12H,6-8H2,1-4H3/b11-5-. The summed E-state index contributed by atoms with van der Waals surface area (Å²) >= 11 is 0. The van der Waals surface area contributed by atoms with Crippen LogP contribution in [0.1, 0.15) is 13.8 Å². The van der Waals surface area contributed by atoms with Crippen LogP contribution in [0.3, 0.4) is 0 Å². The predicted octanol–water partition coefficient (Wildman–Crippen LogP) is 0.919. The molecule has 0 aliphatic rings. The minimum Gasteiger partial charge on any atom is -0.313 e. The van der Waals surface area contributed by atoms with Crippen molar-refractivity contribution in [3.05, 3.63) is 11.6 Å². The molecule has 0 amide bonds. The van der Waals surface area contributed by atoms with Gasteiger partial charge < -0.3 is 10.2 Å². The maximum Gasteiger partial charge on any atom is 0.147 e. The van der Waals surface area contributed by atoms with Gasteiger partial charge in [-0.3, -0.25) is 4.79 Å². The summed E-state index contributed by atoms with van der Waals surface area (Å²) in [6, 6.07) is 0. The number of nitrogens with one attached hydrogen (secondary N) is 1. The Morgan fingerprint density at radius 1 is 1.43 bits per heavy atom. The fourth-order valence-electron chi connectivity index (χ4n) is 1.09. The van der Waals surface area contributed by atoms with Crippen molar-refractivity contribution in [3.63, 3.8) is 0 Å². The van der Waals surface area contributed by atoms with Crippen molar-refractivity contribution < 1.29 is 4.79 Å². The molecule has 0 atom stereocenters. The smallest absolute Gasteiger partial charge is 0.147 e. The number of nitrogens with zero attached hydrogens (tertiary/aromatic N) is 1. The molecule has 0 saturated heterocycles. The average Bonchev–Trinajstić information content (AvgIpc) is 2.09. The Hall–Kier alpha value is -0.670. The van der Waals surface area contributed by atoms with E-state index in [0.29, 0.717) is 12.5 Å². The molecule has 0 saturated carbocycles. The summed E-state index contributed by atoms with van der Waals surface area (Å²) in [5, 5.41) is 3.27. The van der Waals surface area contributed by atoms with Gasteiger partial charge in [0.25, 0.3) is 0 Å². The van der Waals surface area contributed by atoms with Crippen LogP contribution in [-0.4, -0.2) is 44.9 Å². The molecule has 0 aromatic rings. The van der Waals surface area contributed by atoms with E-state index in [1.807, 2.05) is 25.1 Å². The Morgan fingerprint density at radius 2 is 2.07 bits per heavy atom. The number of aldehydes is 1. The van der Waals surface area contributed by atoms with E-state index in [9.17, 15) is 4.79 Å². The van der Waals surface area contributed by atoms with Crippen LogP contribution in [0.25, 0.3) is 0 Å². The Balaban J connectivity index is 3.75. The first-order chi connectivity index (χ1) is 6.56. The Bertz CT molecular complexity index is 186. The van der Waals surface area contributed by atoms with Crippen LogP contribution in [0.2, 0.25) is 0 Å². The van der Waals surface area contributed by atoms with Gasteiger partial charge in [0.05, 0.1) is 0 Å². The minimum absolute atomic E-state index is 0.650. The van der Waals surface area contributed by atoms with E-state index in [1.54, 1.807) is 0 Å². The average molecular weight is 198 g/mol. The van der Waals surface area contributed by atoms with E-state index in [0.717, 1.165) is 24.9 Å². The molecule has 0 aliphatic carbocycles. The van der Waals surface area contributed by atoms with Crippen molar-refractivity contribution in [1.29, 1.82) is 0 Å². The summed E-state index contributed by atoms with van der Waals surface area (Å²) < 4.78 is 0. The third-order valence-corrected chi connectivity index (χ3v) is 1.71. The van der Waals surface area contributed by atoms with Crippen LogP contribution in [0.4, 0.5) is 0 Å². The molecule has 0 spiro atoms. The highest BCUT2D eigenvalue weighted by Crippen LogP contribution is 1.92. The lowest BCUT2D eigenvalue weighted by atomic mass is 10.2. The van der Waals surface area contributed by atoms with Crippen molar-refractivity contribution in [3.8, 4) is 0 Å². The fraction of sp³-hybridized carbons (Fsp3) is 0.727. The van der Waals surface area contributed by atoms with Crippen LogP contribution in [-0.2, 0) is 4.79 Å². The van der Waals surface area contributed by atoms with E-state index in [1.165, 1.54) is 0 Å². The molecule has 0 aromatic carbocycles. The molecule has 1 N–H and O–H groups in total. The van der Waals surface area contributed by atoms with Gasteiger partial charge in [-0.25, -0.2) is 0 Å². The minimum atomic E-state index is 0.650. The third kappa shape index (κ3) is 7.95. The molecule has 3 heteroatoms. The van der Waals surface area contributed by atoms with Crippen LogP contribution in [0.5, 0.6) is 0 Å². The zero-order valence-corrected chi connectivity index (χ0v) is 9.71. The molecule has 0 fully saturated rings. The molecule has 0 aliphatic heterocycles. The Morgan fingerprint density at radius 3 is 2.50 bits per heavy atom. The monoisotopic (exact) mass is 198 g/mol. The number of rotatable bonds is 7. The van der Waals surface area contributed by atoms with Crippen molar-refractivity contribution >= 4 is 6.29 Å². The van der Waals surface area contributed by atoms with Gasteiger partial charge in [-0.1, -0.05) is 19.9 Å². The van der Waals surface area contributed by atoms with Crippen LogP contribution in [0.15, 0.2) is 11.6 Å². The topological polar surface area (TPSA) is 32.3 Å². The van der Waals surface area contributed by atoms with E-state index in [4.69, 9.17) is 0 Å². The summed E-state index contributed by atoms with van der Waals surface area (Å²) in [5.74, 6) is 0.650. The van der Waals surface area contributed by atoms with E-state index >= 15 is 0 Å². The van der Waals surface area contributed by atoms with Gasteiger partial charge in [-0.05, 0) is 26.6 Å². The third-order valence-electron chi connectivity index (χ3n) is 1.71. The molecular formula is C11H22N2O. The van der Waals surface area contributed by atoms with Crippen LogP contribution in [0, 0.1) is 5.92 Å². The zero-order chi connectivity index (χ0) is 11.0. The summed E-state index contributed by atoms with van der Waals surface area (Å²) in [5.41, 5.74) is 0.839. The number of likely N-dealkylation sites (N-methyl/N-ethyl adjacent to an activating group) is 1. The molecule has 0 bridgehead atoms. The van der Waals surface area contributed by atoms with Gasteiger partial charge in [-0.2, -0.15) is 0 Å². The molecule has 0 radical (unpaired) electrons. The molecule has 0 aromatic heterocycles. The lowest BCUT2D eigenvalue weighted by molar-refractivity contribution is -0.105. The van der Waals surface area contributed by atoms with E-state index in [2.05, 4.69) is 19.2 Å². The summed E-state index contributed by atoms with van der Waals surface area (Å²) in [7, 11) is 3.91. The lowest BCUT2D eigenvalue weighted by Gasteiger charge is -2.09. The summed E-state index contributed by atoms with van der Waals surface area (Å²) in [6.45, 7) is 6.81. The molecule has 82 valence electrons. The Labute approximate surface area is 87.2 Å². The quantitative estimate of drug-likeness (QED) is 0.375. The first kappa shape index (κ1) is 13.3.